The molecule has 6 unspecified atom stereocenters. The van der Waals surface area contributed by atoms with E-state index in [0.29, 0.717) is 19.4 Å². The molecule has 14 heteroatoms. The van der Waals surface area contributed by atoms with E-state index < -0.39 is 66.0 Å². The summed E-state index contributed by atoms with van der Waals surface area (Å²) < 4.78 is 0. The van der Waals surface area contributed by atoms with Crippen molar-refractivity contribution in [3.8, 4) is 0 Å². The van der Waals surface area contributed by atoms with Gasteiger partial charge >= 0.3 is 5.97 Å². The minimum atomic E-state index is -1.61. The third kappa shape index (κ3) is 11.6. The molecular weight excluding hydrogens is 440 g/mol. The molecule has 0 heterocycles. The number of carboxylic acid groups (broad SMARTS) is 1. The second-order valence-electron chi connectivity index (χ2n) is 7.75. The number of aliphatic hydroxyl groups is 2. The van der Waals surface area contributed by atoms with Crippen molar-refractivity contribution >= 4 is 29.6 Å². The van der Waals surface area contributed by atoms with E-state index in [2.05, 4.69) is 16.0 Å². The van der Waals surface area contributed by atoms with Crippen molar-refractivity contribution in [2.45, 2.75) is 82.3 Å². The first-order valence-electron chi connectivity index (χ1n) is 10.6. The number of hydrogen-bond donors (Lipinski definition) is 9. The lowest BCUT2D eigenvalue weighted by Crippen LogP contribution is -2.60. The lowest BCUT2D eigenvalue weighted by molar-refractivity contribution is -0.145. The van der Waals surface area contributed by atoms with Gasteiger partial charge in [-0.3, -0.25) is 19.2 Å². The third-order valence-corrected chi connectivity index (χ3v) is 4.73. The Morgan fingerprint density at radius 1 is 0.818 bits per heavy atom. The lowest BCUT2D eigenvalue weighted by atomic mass is 10.0. The number of rotatable bonds is 16. The molecule has 4 amide bonds. The van der Waals surface area contributed by atoms with Gasteiger partial charge in [0.15, 0.2) is 6.04 Å². The van der Waals surface area contributed by atoms with Crippen LogP contribution in [0.15, 0.2) is 0 Å². The zero-order chi connectivity index (χ0) is 25.7. The molecule has 0 aliphatic heterocycles. The highest BCUT2D eigenvalue weighted by Gasteiger charge is 2.33. The Labute approximate surface area is 191 Å². The fourth-order valence-corrected chi connectivity index (χ4v) is 2.76. The zero-order valence-electron chi connectivity index (χ0n) is 18.8. The molecule has 0 spiro atoms. The summed E-state index contributed by atoms with van der Waals surface area (Å²) in [5, 5.41) is 35.5. The summed E-state index contributed by atoms with van der Waals surface area (Å²) in [6.07, 6.45) is -2.01. The van der Waals surface area contributed by atoms with Gasteiger partial charge in [0.1, 0.15) is 12.1 Å². The van der Waals surface area contributed by atoms with Crippen LogP contribution in [-0.2, 0) is 24.0 Å². The van der Waals surface area contributed by atoms with Crippen molar-refractivity contribution in [2.75, 3.05) is 6.54 Å². The minimum Gasteiger partial charge on any atom is -0.480 e. The Hall–Kier alpha value is -2.81. The topological polar surface area (TPSA) is 260 Å². The van der Waals surface area contributed by atoms with Crippen molar-refractivity contribution in [3.63, 3.8) is 0 Å². The second-order valence-corrected chi connectivity index (χ2v) is 7.75. The number of nitrogens with one attached hydrogen (secondary N) is 3. The summed E-state index contributed by atoms with van der Waals surface area (Å²) in [7, 11) is 0. The fourth-order valence-electron chi connectivity index (χ4n) is 2.76. The summed E-state index contributed by atoms with van der Waals surface area (Å²) >= 11 is 0. The monoisotopic (exact) mass is 476 g/mol. The van der Waals surface area contributed by atoms with Crippen LogP contribution < -0.4 is 33.2 Å². The normalized spacial score (nSPS) is 16.4. The Morgan fingerprint density at radius 3 is 1.82 bits per heavy atom. The van der Waals surface area contributed by atoms with E-state index in [9.17, 15) is 34.2 Å². The van der Waals surface area contributed by atoms with Gasteiger partial charge in [-0.2, -0.15) is 0 Å². The Balaban J connectivity index is 5.39. The number of unbranched alkanes of at least 4 members (excludes halogenated alkanes) is 1. The minimum absolute atomic E-state index is 0.0741. The highest BCUT2D eigenvalue weighted by Crippen LogP contribution is 2.05. The van der Waals surface area contributed by atoms with Crippen LogP contribution in [0.25, 0.3) is 0 Å². The molecular formula is C19H36N6O8. The van der Waals surface area contributed by atoms with Gasteiger partial charge in [-0.15, -0.1) is 0 Å². The van der Waals surface area contributed by atoms with Gasteiger partial charge in [-0.25, -0.2) is 4.79 Å². The van der Waals surface area contributed by atoms with Crippen molar-refractivity contribution < 1.29 is 39.3 Å². The van der Waals surface area contributed by atoms with Crippen molar-refractivity contribution in [1.82, 2.24) is 16.0 Å². The van der Waals surface area contributed by atoms with Crippen LogP contribution in [-0.4, -0.2) is 87.8 Å². The summed E-state index contributed by atoms with van der Waals surface area (Å²) in [4.78, 5) is 59.7. The highest BCUT2D eigenvalue weighted by atomic mass is 16.4. The first kappa shape index (κ1) is 30.2. The average Bonchev–Trinajstić information content (AvgIpc) is 2.71. The second kappa shape index (κ2) is 15.1. The highest BCUT2D eigenvalue weighted by molar-refractivity contribution is 5.94. The number of carboxylic acids is 1. The molecule has 12 N–H and O–H groups in total. The molecule has 14 nitrogen and oxygen atoms in total. The van der Waals surface area contributed by atoms with Crippen LogP contribution >= 0.6 is 0 Å². The van der Waals surface area contributed by atoms with Crippen molar-refractivity contribution in [2.24, 2.45) is 17.2 Å². The Bertz CT molecular complexity index is 687. The van der Waals surface area contributed by atoms with E-state index >= 15 is 0 Å². The number of carbonyl (C=O) groups is 5. The van der Waals surface area contributed by atoms with E-state index in [1.54, 1.807) is 0 Å². The summed E-state index contributed by atoms with van der Waals surface area (Å²) in [5.74, 6) is -4.74. The Kier molecular flexibility index (Phi) is 13.8. The van der Waals surface area contributed by atoms with Crippen LogP contribution in [0.1, 0.15) is 46.0 Å². The van der Waals surface area contributed by atoms with Crippen molar-refractivity contribution in [1.29, 1.82) is 0 Å². The SMILES string of the molecule is CC(O)C(NC(=O)C(CCCCN)NC(=O)C(NC(=O)C(N)CCC(N)=O)C(C)O)C(=O)O. The first-order valence-corrected chi connectivity index (χ1v) is 10.6. The van der Waals surface area contributed by atoms with Gasteiger partial charge in [0.05, 0.1) is 18.2 Å². The standard InChI is InChI=1S/C19H36N6O8/c1-9(26)14(24-16(29)11(21)6-7-13(22)28)18(31)23-12(5-3-4-8-20)17(30)25-15(10(2)27)19(32)33/h9-12,14-15,26-27H,3-8,20-21H2,1-2H3,(H2,22,28)(H,23,31)(H,24,29)(H,25,30)(H,32,33). The fraction of sp³-hybridized carbons (Fsp3) is 0.737. The molecule has 0 bridgehead atoms. The van der Waals surface area contributed by atoms with E-state index in [0.717, 1.165) is 0 Å². The predicted molar refractivity (Wildman–Crippen MR) is 116 cm³/mol. The van der Waals surface area contributed by atoms with E-state index in [1.165, 1.54) is 13.8 Å². The third-order valence-electron chi connectivity index (χ3n) is 4.73. The molecule has 6 atom stereocenters. The van der Waals surface area contributed by atoms with Gasteiger partial charge in [0.2, 0.25) is 23.6 Å². The average molecular weight is 477 g/mol. The molecule has 0 aliphatic carbocycles. The van der Waals surface area contributed by atoms with Crippen LogP contribution in [0.5, 0.6) is 0 Å². The summed E-state index contributed by atoms with van der Waals surface area (Å²) in [6, 6.07) is -5.50. The quantitative estimate of drug-likeness (QED) is 0.0975. The number of amides is 4. The smallest absolute Gasteiger partial charge is 0.328 e. The number of primary amides is 1. The van der Waals surface area contributed by atoms with Gasteiger partial charge in [-0.1, -0.05) is 0 Å². The predicted octanol–water partition coefficient (Wildman–Crippen LogP) is -3.99. The number of hydrogen-bond acceptors (Lipinski definition) is 9. The number of carbonyl (C=O) groups excluding carboxylic acids is 4. The molecule has 0 aliphatic rings. The van der Waals surface area contributed by atoms with Gasteiger partial charge in [0.25, 0.3) is 0 Å². The van der Waals surface area contributed by atoms with Crippen LogP contribution in [0.2, 0.25) is 0 Å². The molecule has 0 aromatic carbocycles. The lowest BCUT2D eigenvalue weighted by Gasteiger charge is -2.27. The van der Waals surface area contributed by atoms with Gasteiger partial charge in [0, 0.05) is 6.42 Å². The molecule has 0 saturated heterocycles. The first-order chi connectivity index (χ1) is 15.3. The molecule has 0 radical (unpaired) electrons. The molecule has 0 fully saturated rings. The largest absolute Gasteiger partial charge is 0.480 e. The number of aliphatic carboxylic acids is 1. The molecule has 0 aromatic heterocycles. The molecule has 190 valence electrons. The van der Waals surface area contributed by atoms with Crippen molar-refractivity contribution in [3.05, 3.63) is 0 Å². The van der Waals surface area contributed by atoms with Gasteiger partial charge in [-0.05, 0) is 46.1 Å². The van der Waals surface area contributed by atoms with E-state index in [4.69, 9.17) is 22.3 Å². The Morgan fingerprint density at radius 2 is 1.36 bits per heavy atom. The molecule has 0 rings (SSSR count). The number of nitrogens with two attached hydrogens (primary N) is 3. The zero-order valence-corrected chi connectivity index (χ0v) is 18.8. The maximum Gasteiger partial charge on any atom is 0.328 e. The number of aliphatic hydroxyl groups excluding tert-OH is 2. The molecule has 0 saturated carbocycles. The van der Waals surface area contributed by atoms with Crippen LogP contribution in [0.3, 0.4) is 0 Å². The van der Waals surface area contributed by atoms with Gasteiger partial charge < -0.3 is 48.5 Å². The van der Waals surface area contributed by atoms with E-state index in [1.807, 2.05) is 0 Å². The van der Waals surface area contributed by atoms with E-state index in [-0.39, 0.29) is 19.3 Å². The van der Waals surface area contributed by atoms with Crippen LogP contribution in [0, 0.1) is 0 Å². The maximum atomic E-state index is 12.7. The summed E-state index contributed by atoms with van der Waals surface area (Å²) in [5.41, 5.74) is 16.1. The maximum absolute atomic E-state index is 12.7. The summed E-state index contributed by atoms with van der Waals surface area (Å²) in [6.45, 7) is 2.74. The molecule has 33 heavy (non-hydrogen) atoms. The molecule has 0 aromatic rings. The van der Waals surface area contributed by atoms with Crippen LogP contribution in [0.4, 0.5) is 0 Å².